The molecule has 1 atom stereocenters. The molecule has 20 heavy (non-hydrogen) atoms. The topological polar surface area (TPSA) is 92.6 Å². The van der Waals surface area contributed by atoms with Crippen LogP contribution in [0.5, 0.6) is 0 Å². The Morgan fingerprint density at radius 2 is 2.10 bits per heavy atom. The van der Waals surface area contributed by atoms with E-state index in [2.05, 4.69) is 5.32 Å². The maximum Gasteiger partial charge on any atom is 0.289 e. The van der Waals surface area contributed by atoms with Gasteiger partial charge in [0.25, 0.3) is 5.69 Å². The molecule has 0 aromatic heterocycles. The Morgan fingerprint density at radius 3 is 2.80 bits per heavy atom. The molecule has 1 heterocycles. The molecule has 0 spiro atoms. The van der Waals surface area contributed by atoms with Crippen LogP contribution >= 0.6 is 0 Å². The quantitative estimate of drug-likeness (QED) is 0.663. The lowest BCUT2D eigenvalue weighted by Crippen LogP contribution is -2.41. The molecule has 0 saturated carbocycles. The van der Waals surface area contributed by atoms with E-state index in [9.17, 15) is 18.5 Å². The molecule has 0 radical (unpaired) electrons. The van der Waals surface area contributed by atoms with Gasteiger partial charge in [0.2, 0.25) is 10.0 Å². The highest BCUT2D eigenvalue weighted by Gasteiger charge is 2.34. The number of nitrogens with zero attached hydrogens (tertiary/aromatic N) is 2. The van der Waals surface area contributed by atoms with Gasteiger partial charge in [-0.05, 0) is 26.0 Å². The number of para-hydroxylation sites is 1. The lowest BCUT2D eigenvalue weighted by molar-refractivity contribution is -0.387. The Morgan fingerprint density at radius 1 is 1.40 bits per heavy atom. The van der Waals surface area contributed by atoms with Crippen molar-refractivity contribution >= 4 is 15.7 Å². The van der Waals surface area contributed by atoms with Crippen LogP contribution < -0.4 is 5.32 Å². The summed E-state index contributed by atoms with van der Waals surface area (Å²) in [4.78, 5) is 10.1. The fraction of sp³-hybridized carbons (Fsp3) is 0.500. The zero-order chi connectivity index (χ0) is 14.8. The average Bonchev–Trinajstić information content (AvgIpc) is 2.63. The average molecular weight is 299 g/mol. The molecule has 0 amide bonds. The van der Waals surface area contributed by atoms with Crippen LogP contribution in [-0.4, -0.2) is 43.3 Å². The predicted octanol–water partition coefficient (Wildman–Crippen LogP) is 0.967. The molecule has 1 fully saturated rings. The summed E-state index contributed by atoms with van der Waals surface area (Å²) in [6.07, 6.45) is 0.685. The van der Waals surface area contributed by atoms with Crippen molar-refractivity contribution in [3.8, 4) is 0 Å². The van der Waals surface area contributed by atoms with Gasteiger partial charge < -0.3 is 5.32 Å². The molecule has 0 bridgehead atoms. The number of rotatable bonds is 3. The lowest BCUT2D eigenvalue weighted by atomic mass is 10.3. The minimum absolute atomic E-state index is 0.234. The van der Waals surface area contributed by atoms with Crippen molar-refractivity contribution in [2.24, 2.45) is 0 Å². The molecule has 0 unspecified atom stereocenters. The molecule has 110 valence electrons. The van der Waals surface area contributed by atoms with Gasteiger partial charge in [0.05, 0.1) is 4.92 Å². The standard InChI is InChI=1S/C12H17N3O4S/c1-10-9-13-7-4-8-14(10)20(18,19)12-6-3-2-5-11(12)15(16)17/h2-3,5-6,10,13H,4,7-9H2,1H3/t10-/m0/s1. The van der Waals surface area contributed by atoms with E-state index in [4.69, 9.17) is 0 Å². The smallest absolute Gasteiger partial charge is 0.289 e. The maximum absolute atomic E-state index is 12.7. The van der Waals surface area contributed by atoms with Crippen LogP contribution in [0.25, 0.3) is 0 Å². The largest absolute Gasteiger partial charge is 0.315 e. The highest BCUT2D eigenvalue weighted by molar-refractivity contribution is 7.89. The summed E-state index contributed by atoms with van der Waals surface area (Å²) in [5.74, 6) is 0. The molecule has 8 heteroatoms. The van der Waals surface area contributed by atoms with E-state index >= 15 is 0 Å². The molecular formula is C12H17N3O4S. The first kappa shape index (κ1) is 14.9. The van der Waals surface area contributed by atoms with Crippen molar-refractivity contribution < 1.29 is 13.3 Å². The van der Waals surface area contributed by atoms with Gasteiger partial charge in [-0.25, -0.2) is 8.42 Å². The highest BCUT2D eigenvalue weighted by Crippen LogP contribution is 2.27. The zero-order valence-corrected chi connectivity index (χ0v) is 12.0. The molecule has 1 aliphatic heterocycles. The summed E-state index contributed by atoms with van der Waals surface area (Å²) in [5.41, 5.74) is -0.378. The normalized spacial score (nSPS) is 21.4. The number of nitrogens with one attached hydrogen (secondary N) is 1. The minimum atomic E-state index is -3.86. The van der Waals surface area contributed by atoms with Gasteiger partial charge in [-0.15, -0.1) is 0 Å². The number of hydrogen-bond donors (Lipinski definition) is 1. The summed E-state index contributed by atoms with van der Waals surface area (Å²) >= 11 is 0. The highest BCUT2D eigenvalue weighted by atomic mass is 32.2. The van der Waals surface area contributed by atoms with Crippen LogP contribution in [0.3, 0.4) is 0 Å². The van der Waals surface area contributed by atoms with Crippen molar-refractivity contribution in [1.29, 1.82) is 0 Å². The van der Waals surface area contributed by atoms with Crippen LogP contribution in [0.4, 0.5) is 5.69 Å². The molecule has 1 saturated heterocycles. The van der Waals surface area contributed by atoms with Gasteiger partial charge in [-0.3, -0.25) is 10.1 Å². The molecule has 0 aliphatic carbocycles. The number of nitro groups is 1. The van der Waals surface area contributed by atoms with Crippen molar-refractivity contribution in [2.75, 3.05) is 19.6 Å². The molecule has 7 nitrogen and oxygen atoms in total. The Hall–Kier alpha value is -1.51. The summed E-state index contributed by atoms with van der Waals surface area (Å²) in [6, 6.07) is 5.24. The van der Waals surface area contributed by atoms with E-state index < -0.39 is 14.9 Å². The molecule has 2 rings (SSSR count). The second-order valence-corrected chi connectivity index (χ2v) is 6.61. The first-order chi connectivity index (χ1) is 9.44. The molecule has 1 aromatic rings. The van der Waals surface area contributed by atoms with E-state index in [1.54, 1.807) is 6.92 Å². The van der Waals surface area contributed by atoms with E-state index in [1.807, 2.05) is 0 Å². The second kappa shape index (κ2) is 5.86. The SMILES string of the molecule is C[C@H]1CNCCCN1S(=O)(=O)c1ccccc1[N+](=O)[O-]. The minimum Gasteiger partial charge on any atom is -0.315 e. The summed E-state index contributed by atoms with van der Waals surface area (Å²) in [5, 5.41) is 14.2. The van der Waals surface area contributed by atoms with E-state index in [0.717, 1.165) is 6.54 Å². The molecule has 1 N–H and O–H groups in total. The third-order valence-electron chi connectivity index (χ3n) is 3.31. The van der Waals surface area contributed by atoms with Crippen LogP contribution in [0.2, 0.25) is 0 Å². The van der Waals surface area contributed by atoms with Crippen LogP contribution in [0, 0.1) is 10.1 Å². The Bertz CT molecular complexity index is 602. The van der Waals surface area contributed by atoms with E-state index in [-0.39, 0.29) is 16.6 Å². The monoisotopic (exact) mass is 299 g/mol. The van der Waals surface area contributed by atoms with Gasteiger partial charge in [0, 0.05) is 25.2 Å². The Labute approximate surface area is 117 Å². The van der Waals surface area contributed by atoms with Crippen molar-refractivity contribution in [3.05, 3.63) is 34.4 Å². The van der Waals surface area contributed by atoms with Gasteiger partial charge in [-0.1, -0.05) is 12.1 Å². The fourth-order valence-electron chi connectivity index (χ4n) is 2.30. The second-order valence-electron chi connectivity index (χ2n) is 4.75. The predicted molar refractivity (Wildman–Crippen MR) is 73.9 cm³/mol. The van der Waals surface area contributed by atoms with Crippen LogP contribution in [-0.2, 0) is 10.0 Å². The zero-order valence-electron chi connectivity index (χ0n) is 11.2. The van der Waals surface area contributed by atoms with Gasteiger partial charge in [-0.2, -0.15) is 4.31 Å². The van der Waals surface area contributed by atoms with E-state index in [0.29, 0.717) is 19.5 Å². The number of hydrogen-bond acceptors (Lipinski definition) is 5. The first-order valence-electron chi connectivity index (χ1n) is 6.40. The van der Waals surface area contributed by atoms with Crippen LogP contribution in [0.1, 0.15) is 13.3 Å². The lowest BCUT2D eigenvalue weighted by Gasteiger charge is -2.25. The third-order valence-corrected chi connectivity index (χ3v) is 5.37. The summed E-state index contributed by atoms with van der Waals surface area (Å²) in [6.45, 7) is 3.44. The van der Waals surface area contributed by atoms with Gasteiger partial charge >= 0.3 is 0 Å². The Balaban J connectivity index is 2.46. The summed E-state index contributed by atoms with van der Waals surface area (Å²) in [7, 11) is -3.86. The van der Waals surface area contributed by atoms with Crippen molar-refractivity contribution in [2.45, 2.75) is 24.3 Å². The molecular weight excluding hydrogens is 282 g/mol. The van der Waals surface area contributed by atoms with E-state index in [1.165, 1.54) is 28.6 Å². The number of sulfonamides is 1. The third kappa shape index (κ3) is 2.82. The van der Waals surface area contributed by atoms with Gasteiger partial charge in [0.1, 0.15) is 0 Å². The number of nitro benzene ring substituents is 1. The van der Waals surface area contributed by atoms with Gasteiger partial charge in [0.15, 0.2) is 4.90 Å². The maximum atomic E-state index is 12.7. The Kier molecular flexibility index (Phi) is 4.36. The molecule has 1 aliphatic rings. The number of benzene rings is 1. The van der Waals surface area contributed by atoms with Crippen LogP contribution in [0.15, 0.2) is 29.2 Å². The fourth-order valence-corrected chi connectivity index (χ4v) is 4.13. The first-order valence-corrected chi connectivity index (χ1v) is 7.84. The van der Waals surface area contributed by atoms with Crippen molar-refractivity contribution in [1.82, 2.24) is 9.62 Å². The molecule has 1 aromatic carbocycles. The summed E-state index contributed by atoms with van der Waals surface area (Å²) < 4.78 is 26.7. The van der Waals surface area contributed by atoms with Crippen molar-refractivity contribution in [3.63, 3.8) is 0 Å².